The second-order valence-electron chi connectivity index (χ2n) is 4.43. The number of rotatable bonds is 4. The van der Waals surface area contributed by atoms with Gasteiger partial charge in [-0.15, -0.1) is 5.10 Å². The van der Waals surface area contributed by atoms with Crippen molar-refractivity contribution in [2.75, 3.05) is 0 Å². The van der Waals surface area contributed by atoms with Crippen LogP contribution in [0.25, 0.3) is 0 Å². The molecule has 0 saturated carbocycles. The first-order valence-electron chi connectivity index (χ1n) is 5.57. The first kappa shape index (κ1) is 10.9. The number of aromatic amines is 2. The fraction of sp³-hybridized carbons (Fsp3) is 0.545. The average Bonchev–Trinajstić information content (AvgIpc) is 2.87. The van der Waals surface area contributed by atoms with Crippen molar-refractivity contribution < 1.29 is 0 Å². The maximum atomic E-state index is 4.55. The zero-order valence-electron chi connectivity index (χ0n) is 9.86. The molecular formula is C11H17N5. The number of hydrogen-bond acceptors (Lipinski definition) is 3. The summed E-state index contributed by atoms with van der Waals surface area (Å²) in [5.74, 6) is 1.80. The zero-order valence-corrected chi connectivity index (χ0v) is 9.86. The molecule has 2 rings (SSSR count). The number of aromatic nitrogens is 5. The summed E-state index contributed by atoms with van der Waals surface area (Å²) in [6, 6.07) is 0. The zero-order chi connectivity index (χ0) is 11.5. The summed E-state index contributed by atoms with van der Waals surface area (Å²) in [4.78, 5) is 7.76. The van der Waals surface area contributed by atoms with Crippen LogP contribution in [0.4, 0.5) is 0 Å². The Morgan fingerprint density at radius 1 is 1.19 bits per heavy atom. The molecule has 0 saturated heterocycles. The Bertz CT molecular complexity index is 429. The summed E-state index contributed by atoms with van der Waals surface area (Å²) in [7, 11) is 0. The van der Waals surface area contributed by atoms with Gasteiger partial charge in [0.05, 0.1) is 11.4 Å². The van der Waals surface area contributed by atoms with Gasteiger partial charge in [-0.2, -0.15) is 0 Å². The van der Waals surface area contributed by atoms with Gasteiger partial charge in [0.25, 0.3) is 0 Å². The predicted octanol–water partition coefficient (Wildman–Crippen LogP) is 2.00. The summed E-state index contributed by atoms with van der Waals surface area (Å²) in [5.41, 5.74) is 2.09. The highest BCUT2D eigenvalue weighted by Gasteiger charge is 2.12. The van der Waals surface area contributed by atoms with Crippen LogP contribution < -0.4 is 0 Å². The van der Waals surface area contributed by atoms with E-state index in [0.717, 1.165) is 23.6 Å². The third-order valence-electron chi connectivity index (χ3n) is 2.68. The van der Waals surface area contributed by atoms with Gasteiger partial charge in [-0.3, -0.25) is 5.10 Å². The second kappa shape index (κ2) is 4.47. The van der Waals surface area contributed by atoms with Crippen LogP contribution in [0.2, 0.25) is 0 Å². The fourth-order valence-corrected chi connectivity index (χ4v) is 1.62. The fourth-order valence-electron chi connectivity index (χ4n) is 1.62. The quantitative estimate of drug-likeness (QED) is 0.826. The molecule has 0 fully saturated rings. The minimum atomic E-state index is 0.324. The van der Waals surface area contributed by atoms with Gasteiger partial charge in [0.1, 0.15) is 5.82 Å². The van der Waals surface area contributed by atoms with Gasteiger partial charge in [-0.05, 0) is 5.92 Å². The van der Waals surface area contributed by atoms with Crippen LogP contribution in [-0.4, -0.2) is 25.4 Å². The molecule has 2 N–H and O–H groups in total. The predicted molar refractivity (Wildman–Crippen MR) is 61.2 cm³/mol. The SMILES string of the molecule is CC(C)c1c[nH]c(CC(C)c2c[nH]nn2)n1. The number of nitrogens with one attached hydrogen (secondary N) is 2. The van der Waals surface area contributed by atoms with E-state index in [1.807, 2.05) is 12.4 Å². The minimum Gasteiger partial charge on any atom is -0.348 e. The van der Waals surface area contributed by atoms with Crippen LogP contribution in [0, 0.1) is 0 Å². The average molecular weight is 219 g/mol. The smallest absolute Gasteiger partial charge is 0.107 e. The highest BCUT2D eigenvalue weighted by atomic mass is 15.3. The third kappa shape index (κ3) is 2.29. The molecular weight excluding hydrogens is 202 g/mol. The van der Waals surface area contributed by atoms with E-state index >= 15 is 0 Å². The maximum Gasteiger partial charge on any atom is 0.107 e. The van der Waals surface area contributed by atoms with Crippen LogP contribution in [0.1, 0.15) is 49.8 Å². The molecule has 2 heterocycles. The van der Waals surface area contributed by atoms with E-state index in [-0.39, 0.29) is 0 Å². The number of imidazole rings is 1. The second-order valence-corrected chi connectivity index (χ2v) is 4.43. The van der Waals surface area contributed by atoms with Gasteiger partial charge in [0, 0.05) is 24.7 Å². The molecule has 0 spiro atoms. The van der Waals surface area contributed by atoms with Crippen molar-refractivity contribution in [1.29, 1.82) is 0 Å². The van der Waals surface area contributed by atoms with Gasteiger partial charge in [-0.1, -0.05) is 26.0 Å². The molecule has 0 amide bonds. The lowest BCUT2D eigenvalue weighted by Crippen LogP contribution is -2.01. The highest BCUT2D eigenvalue weighted by Crippen LogP contribution is 2.17. The van der Waals surface area contributed by atoms with E-state index < -0.39 is 0 Å². The summed E-state index contributed by atoms with van der Waals surface area (Å²) in [6.07, 6.45) is 4.67. The van der Waals surface area contributed by atoms with Crippen molar-refractivity contribution in [2.45, 2.75) is 39.0 Å². The Balaban J connectivity index is 2.03. The molecule has 5 nitrogen and oxygen atoms in total. The standard InChI is InChI=1S/C11H17N5/c1-7(2)9-5-12-11(14-9)4-8(3)10-6-13-16-15-10/h5-8H,4H2,1-3H3,(H,12,14)(H,13,15,16). The van der Waals surface area contributed by atoms with Crippen molar-refractivity contribution in [3.63, 3.8) is 0 Å². The van der Waals surface area contributed by atoms with Gasteiger partial charge in [0.15, 0.2) is 0 Å². The van der Waals surface area contributed by atoms with Crippen LogP contribution in [0.15, 0.2) is 12.4 Å². The molecule has 0 aliphatic carbocycles. The molecule has 0 aliphatic heterocycles. The Morgan fingerprint density at radius 2 is 2.00 bits per heavy atom. The molecule has 2 aromatic heterocycles. The minimum absolute atomic E-state index is 0.324. The molecule has 1 unspecified atom stereocenters. The Morgan fingerprint density at radius 3 is 2.56 bits per heavy atom. The summed E-state index contributed by atoms with van der Waals surface area (Å²) >= 11 is 0. The van der Waals surface area contributed by atoms with Crippen molar-refractivity contribution >= 4 is 0 Å². The van der Waals surface area contributed by atoms with Crippen molar-refractivity contribution in [3.05, 3.63) is 29.6 Å². The van der Waals surface area contributed by atoms with E-state index in [2.05, 4.69) is 46.1 Å². The van der Waals surface area contributed by atoms with Gasteiger partial charge < -0.3 is 4.98 Å². The molecule has 5 heteroatoms. The number of H-pyrrole nitrogens is 2. The molecule has 2 aromatic rings. The van der Waals surface area contributed by atoms with E-state index in [1.165, 1.54) is 0 Å². The lowest BCUT2D eigenvalue weighted by atomic mass is 10.0. The van der Waals surface area contributed by atoms with Crippen molar-refractivity contribution in [1.82, 2.24) is 25.4 Å². The van der Waals surface area contributed by atoms with Gasteiger partial charge in [0.2, 0.25) is 0 Å². The molecule has 0 radical (unpaired) electrons. The first-order chi connectivity index (χ1) is 7.66. The number of hydrogen-bond donors (Lipinski definition) is 2. The van der Waals surface area contributed by atoms with E-state index in [9.17, 15) is 0 Å². The topological polar surface area (TPSA) is 70.2 Å². The third-order valence-corrected chi connectivity index (χ3v) is 2.68. The summed E-state index contributed by atoms with van der Waals surface area (Å²) < 4.78 is 0. The molecule has 0 aromatic carbocycles. The first-order valence-corrected chi connectivity index (χ1v) is 5.57. The molecule has 16 heavy (non-hydrogen) atoms. The molecule has 86 valence electrons. The van der Waals surface area contributed by atoms with E-state index in [4.69, 9.17) is 0 Å². The largest absolute Gasteiger partial charge is 0.348 e. The lowest BCUT2D eigenvalue weighted by molar-refractivity contribution is 0.694. The summed E-state index contributed by atoms with van der Waals surface area (Å²) in [6.45, 7) is 6.40. The van der Waals surface area contributed by atoms with Crippen LogP contribution in [0.3, 0.4) is 0 Å². The molecule has 1 atom stereocenters. The van der Waals surface area contributed by atoms with E-state index in [0.29, 0.717) is 11.8 Å². The normalized spacial score (nSPS) is 13.2. The lowest BCUT2D eigenvalue weighted by Gasteiger charge is -2.04. The van der Waals surface area contributed by atoms with Gasteiger partial charge in [-0.25, -0.2) is 4.98 Å². The maximum absolute atomic E-state index is 4.55. The summed E-state index contributed by atoms with van der Waals surface area (Å²) in [5, 5.41) is 10.4. The monoisotopic (exact) mass is 219 g/mol. The number of nitrogens with zero attached hydrogens (tertiary/aromatic N) is 3. The van der Waals surface area contributed by atoms with Gasteiger partial charge >= 0.3 is 0 Å². The van der Waals surface area contributed by atoms with E-state index in [1.54, 1.807) is 0 Å². The van der Waals surface area contributed by atoms with Crippen molar-refractivity contribution in [2.24, 2.45) is 0 Å². The van der Waals surface area contributed by atoms with Crippen molar-refractivity contribution in [3.8, 4) is 0 Å². The Kier molecular flexibility index (Phi) is 3.03. The molecule has 0 bridgehead atoms. The van der Waals surface area contributed by atoms with Crippen LogP contribution in [0.5, 0.6) is 0 Å². The van der Waals surface area contributed by atoms with Crippen LogP contribution in [-0.2, 0) is 6.42 Å². The van der Waals surface area contributed by atoms with Crippen LogP contribution >= 0.6 is 0 Å². The molecule has 0 aliphatic rings. The highest BCUT2D eigenvalue weighted by molar-refractivity contribution is 5.09. The Labute approximate surface area is 94.7 Å². The Hall–Kier alpha value is -1.65.